The van der Waals surface area contributed by atoms with E-state index < -0.39 is 0 Å². The Hall–Kier alpha value is -0.130. The summed E-state index contributed by atoms with van der Waals surface area (Å²) >= 11 is 3.16. The van der Waals surface area contributed by atoms with Crippen molar-refractivity contribution in [3.8, 4) is 0 Å². The van der Waals surface area contributed by atoms with Gasteiger partial charge < -0.3 is 5.73 Å². The van der Waals surface area contributed by atoms with Gasteiger partial charge in [0.2, 0.25) is 0 Å². The lowest BCUT2D eigenvalue weighted by molar-refractivity contribution is 0.939. The van der Waals surface area contributed by atoms with Crippen molar-refractivity contribution in [1.82, 2.24) is 9.36 Å². The Labute approximate surface area is 80.9 Å². The van der Waals surface area contributed by atoms with Crippen molar-refractivity contribution in [3.05, 3.63) is 5.82 Å². The first-order valence-electron chi connectivity index (χ1n) is 3.95. The third-order valence-corrected chi connectivity index (χ3v) is 3.35. The molecule has 0 spiro atoms. The van der Waals surface area contributed by atoms with E-state index in [2.05, 4.69) is 23.2 Å². The Morgan fingerprint density at radius 2 is 2.42 bits per heavy atom. The fourth-order valence-corrected chi connectivity index (χ4v) is 2.52. The van der Waals surface area contributed by atoms with Crippen molar-refractivity contribution >= 4 is 23.3 Å². The van der Waals surface area contributed by atoms with Crippen LogP contribution < -0.4 is 5.73 Å². The molecule has 1 atom stereocenters. The zero-order valence-corrected chi connectivity index (χ0v) is 8.91. The van der Waals surface area contributed by atoms with E-state index in [1.807, 2.05) is 0 Å². The molecule has 0 aliphatic heterocycles. The quantitative estimate of drug-likeness (QED) is 0.754. The number of rotatable bonds is 4. The van der Waals surface area contributed by atoms with Crippen LogP contribution in [0, 0.1) is 0 Å². The second-order valence-electron chi connectivity index (χ2n) is 2.49. The van der Waals surface area contributed by atoms with Crippen LogP contribution in [0.5, 0.6) is 0 Å². The van der Waals surface area contributed by atoms with Crippen molar-refractivity contribution in [2.45, 2.75) is 29.9 Å². The van der Waals surface area contributed by atoms with Gasteiger partial charge in [-0.2, -0.15) is 4.37 Å². The summed E-state index contributed by atoms with van der Waals surface area (Å²) < 4.78 is 5.22. The maximum atomic E-state index is 5.49. The molecule has 0 aromatic carbocycles. The minimum absolute atomic E-state index is 0.433. The molecule has 0 fully saturated rings. The molecule has 2 N–H and O–H groups in total. The highest BCUT2D eigenvalue weighted by Crippen LogP contribution is 2.24. The second-order valence-corrected chi connectivity index (χ2v) is 4.93. The lowest BCUT2D eigenvalue weighted by Gasteiger charge is -2.02. The molecular weight excluding hydrogens is 190 g/mol. The van der Waals surface area contributed by atoms with E-state index in [1.165, 1.54) is 11.5 Å². The molecule has 1 rings (SSSR count). The van der Waals surface area contributed by atoms with Crippen LogP contribution >= 0.6 is 23.3 Å². The summed E-state index contributed by atoms with van der Waals surface area (Å²) in [5.74, 6) is 0.937. The van der Waals surface area contributed by atoms with Crippen LogP contribution in [-0.2, 0) is 6.42 Å². The van der Waals surface area contributed by atoms with Gasteiger partial charge in [-0.05, 0) is 11.5 Å². The minimum atomic E-state index is 0.433. The molecule has 0 aliphatic rings. The van der Waals surface area contributed by atoms with Gasteiger partial charge in [-0.3, -0.25) is 0 Å². The first kappa shape index (κ1) is 9.95. The lowest BCUT2D eigenvalue weighted by atomic mass is 10.5. The molecule has 1 heterocycles. The van der Waals surface area contributed by atoms with Crippen molar-refractivity contribution in [2.24, 2.45) is 5.73 Å². The van der Waals surface area contributed by atoms with Gasteiger partial charge in [0.1, 0.15) is 5.82 Å². The van der Waals surface area contributed by atoms with Crippen LogP contribution in [0.15, 0.2) is 4.34 Å². The number of aryl methyl sites for hydroxylation is 1. The van der Waals surface area contributed by atoms with E-state index in [9.17, 15) is 0 Å². The zero-order chi connectivity index (χ0) is 8.97. The van der Waals surface area contributed by atoms with E-state index in [0.717, 1.165) is 16.6 Å². The van der Waals surface area contributed by atoms with Crippen molar-refractivity contribution in [3.63, 3.8) is 0 Å². The molecule has 12 heavy (non-hydrogen) atoms. The van der Waals surface area contributed by atoms with Crippen LogP contribution in [0.4, 0.5) is 0 Å². The average Bonchev–Trinajstić information content (AvgIpc) is 2.52. The van der Waals surface area contributed by atoms with Gasteiger partial charge in [-0.1, -0.05) is 25.6 Å². The highest BCUT2D eigenvalue weighted by Gasteiger charge is 2.06. The van der Waals surface area contributed by atoms with Crippen LogP contribution in [-0.4, -0.2) is 21.2 Å². The summed E-state index contributed by atoms with van der Waals surface area (Å²) in [6.45, 7) is 4.84. The molecule has 0 saturated heterocycles. The largest absolute Gasteiger partial charge is 0.329 e. The third-order valence-electron chi connectivity index (χ3n) is 1.40. The fraction of sp³-hybridized carbons (Fsp3) is 0.714. The van der Waals surface area contributed by atoms with Gasteiger partial charge in [0.05, 0.1) is 0 Å². The molecule has 0 aliphatic carbocycles. The SMILES string of the molecule is CCc1nsc(SC(C)CN)n1. The summed E-state index contributed by atoms with van der Waals surface area (Å²) in [6.07, 6.45) is 0.911. The minimum Gasteiger partial charge on any atom is -0.329 e. The number of nitrogens with zero attached hydrogens (tertiary/aromatic N) is 2. The number of thioether (sulfide) groups is 1. The summed E-state index contributed by atoms with van der Waals surface area (Å²) in [6, 6.07) is 0. The summed E-state index contributed by atoms with van der Waals surface area (Å²) in [7, 11) is 0. The molecule has 5 heteroatoms. The number of hydrogen-bond acceptors (Lipinski definition) is 5. The monoisotopic (exact) mass is 203 g/mol. The van der Waals surface area contributed by atoms with Crippen molar-refractivity contribution < 1.29 is 0 Å². The Morgan fingerprint density at radius 3 is 2.92 bits per heavy atom. The highest BCUT2D eigenvalue weighted by atomic mass is 32.2. The summed E-state index contributed by atoms with van der Waals surface area (Å²) in [4.78, 5) is 4.33. The van der Waals surface area contributed by atoms with Crippen LogP contribution in [0.1, 0.15) is 19.7 Å². The maximum absolute atomic E-state index is 5.49. The van der Waals surface area contributed by atoms with E-state index in [1.54, 1.807) is 11.8 Å². The number of aromatic nitrogens is 2. The molecule has 3 nitrogen and oxygen atoms in total. The van der Waals surface area contributed by atoms with E-state index >= 15 is 0 Å². The fourth-order valence-electron chi connectivity index (χ4n) is 0.650. The lowest BCUT2D eigenvalue weighted by Crippen LogP contribution is -2.12. The molecule has 0 radical (unpaired) electrons. The van der Waals surface area contributed by atoms with Crippen LogP contribution in [0.25, 0.3) is 0 Å². The van der Waals surface area contributed by atoms with Gasteiger partial charge in [-0.25, -0.2) is 4.98 Å². The second kappa shape index (κ2) is 4.79. The third kappa shape index (κ3) is 2.73. The van der Waals surface area contributed by atoms with Crippen LogP contribution in [0.3, 0.4) is 0 Å². The first-order valence-corrected chi connectivity index (χ1v) is 5.60. The molecule has 0 saturated carbocycles. The van der Waals surface area contributed by atoms with Crippen LogP contribution in [0.2, 0.25) is 0 Å². The van der Waals surface area contributed by atoms with Gasteiger partial charge in [-0.15, -0.1) is 0 Å². The first-order chi connectivity index (χ1) is 5.76. The Bertz CT molecular complexity index is 236. The van der Waals surface area contributed by atoms with Gasteiger partial charge in [0.15, 0.2) is 4.34 Å². The van der Waals surface area contributed by atoms with Crippen molar-refractivity contribution in [1.29, 1.82) is 0 Å². The molecule has 1 unspecified atom stereocenters. The molecule has 68 valence electrons. The normalized spacial score (nSPS) is 13.2. The van der Waals surface area contributed by atoms with Gasteiger partial charge in [0.25, 0.3) is 0 Å². The molecular formula is C7H13N3S2. The Balaban J connectivity index is 2.52. The van der Waals surface area contributed by atoms with E-state index in [0.29, 0.717) is 11.8 Å². The highest BCUT2D eigenvalue weighted by molar-refractivity contribution is 8.01. The predicted molar refractivity (Wildman–Crippen MR) is 53.7 cm³/mol. The molecule has 1 aromatic heterocycles. The summed E-state index contributed by atoms with van der Waals surface area (Å²) in [5, 5.41) is 0.433. The Kier molecular flexibility index (Phi) is 3.97. The van der Waals surface area contributed by atoms with Gasteiger partial charge >= 0.3 is 0 Å². The summed E-state index contributed by atoms with van der Waals surface area (Å²) in [5.41, 5.74) is 5.49. The van der Waals surface area contributed by atoms with E-state index in [-0.39, 0.29) is 0 Å². The van der Waals surface area contributed by atoms with Gasteiger partial charge in [0, 0.05) is 18.2 Å². The number of hydrogen-bond donors (Lipinski definition) is 1. The Morgan fingerprint density at radius 1 is 1.67 bits per heavy atom. The predicted octanol–water partition coefficient (Wildman–Crippen LogP) is 1.54. The molecule has 1 aromatic rings. The van der Waals surface area contributed by atoms with E-state index in [4.69, 9.17) is 5.73 Å². The zero-order valence-electron chi connectivity index (χ0n) is 7.28. The average molecular weight is 203 g/mol. The molecule has 0 bridgehead atoms. The molecule has 0 amide bonds. The number of nitrogens with two attached hydrogens (primary N) is 1. The maximum Gasteiger partial charge on any atom is 0.170 e. The topological polar surface area (TPSA) is 51.8 Å². The standard InChI is InChI=1S/C7H13N3S2/c1-3-6-9-7(12-10-6)11-5(2)4-8/h5H,3-4,8H2,1-2H3. The van der Waals surface area contributed by atoms with Crippen molar-refractivity contribution in [2.75, 3.05) is 6.54 Å². The smallest absolute Gasteiger partial charge is 0.170 e.